The first-order chi connectivity index (χ1) is 10.2. The van der Waals surface area contributed by atoms with Crippen LogP contribution in [0.1, 0.15) is 5.01 Å². The molecule has 1 heterocycles. The molecule has 21 heavy (non-hydrogen) atoms. The predicted octanol–water partition coefficient (Wildman–Crippen LogP) is 4.34. The number of thiazole rings is 1. The van der Waals surface area contributed by atoms with Gasteiger partial charge in [0, 0.05) is 10.6 Å². The van der Waals surface area contributed by atoms with Gasteiger partial charge < -0.3 is 5.32 Å². The van der Waals surface area contributed by atoms with E-state index in [9.17, 15) is 4.79 Å². The summed E-state index contributed by atoms with van der Waals surface area (Å²) < 4.78 is 1.14. The fraction of sp³-hybridized carbons (Fsp3) is 0.125. The number of amides is 1. The van der Waals surface area contributed by atoms with Gasteiger partial charge in [0.05, 0.1) is 21.0 Å². The van der Waals surface area contributed by atoms with Crippen LogP contribution >= 0.6 is 23.1 Å². The lowest BCUT2D eigenvalue weighted by Crippen LogP contribution is -2.13. The second-order valence-electron chi connectivity index (χ2n) is 4.57. The highest BCUT2D eigenvalue weighted by Gasteiger charge is 2.06. The molecule has 5 heteroatoms. The summed E-state index contributed by atoms with van der Waals surface area (Å²) in [5, 5.41) is 3.95. The van der Waals surface area contributed by atoms with Gasteiger partial charge in [-0.2, -0.15) is 0 Å². The van der Waals surface area contributed by atoms with Gasteiger partial charge in [-0.3, -0.25) is 4.79 Å². The molecule has 0 aliphatic rings. The van der Waals surface area contributed by atoms with Crippen molar-refractivity contribution in [3.63, 3.8) is 0 Å². The summed E-state index contributed by atoms with van der Waals surface area (Å²) in [6.45, 7) is 1.99. The van der Waals surface area contributed by atoms with Gasteiger partial charge in [-0.15, -0.1) is 23.1 Å². The molecule has 3 aromatic rings. The first kappa shape index (κ1) is 14.1. The number of hydrogen-bond acceptors (Lipinski definition) is 4. The number of fused-ring (bicyclic) bond motifs is 1. The molecule has 1 N–H and O–H groups in total. The van der Waals surface area contributed by atoms with Crippen LogP contribution in [0.5, 0.6) is 0 Å². The Kier molecular flexibility index (Phi) is 4.22. The largest absolute Gasteiger partial charge is 0.325 e. The molecule has 0 saturated carbocycles. The third-order valence-corrected chi connectivity index (χ3v) is 4.86. The second-order valence-corrected chi connectivity index (χ2v) is 6.85. The number of nitrogens with zero attached hydrogens (tertiary/aromatic N) is 1. The van der Waals surface area contributed by atoms with Crippen LogP contribution < -0.4 is 5.32 Å². The Labute approximate surface area is 131 Å². The first-order valence-electron chi connectivity index (χ1n) is 6.55. The van der Waals surface area contributed by atoms with Gasteiger partial charge in [0.2, 0.25) is 5.91 Å². The molecule has 0 aliphatic heterocycles. The molecule has 1 aromatic heterocycles. The molecule has 0 spiro atoms. The average molecular weight is 314 g/mol. The molecule has 0 aliphatic carbocycles. The number of benzene rings is 2. The Hall–Kier alpha value is -1.85. The van der Waals surface area contributed by atoms with E-state index >= 15 is 0 Å². The summed E-state index contributed by atoms with van der Waals surface area (Å²) in [5.41, 5.74) is 1.73. The zero-order valence-electron chi connectivity index (χ0n) is 11.5. The summed E-state index contributed by atoms with van der Waals surface area (Å²) in [6, 6.07) is 15.8. The molecule has 0 radical (unpaired) electrons. The van der Waals surface area contributed by atoms with Crippen molar-refractivity contribution in [1.82, 2.24) is 4.98 Å². The summed E-state index contributed by atoms with van der Waals surface area (Å²) >= 11 is 3.19. The smallest absolute Gasteiger partial charge is 0.234 e. The molecule has 2 aromatic carbocycles. The Bertz CT molecular complexity index is 768. The average Bonchev–Trinajstić information content (AvgIpc) is 2.85. The van der Waals surface area contributed by atoms with Crippen LogP contribution in [0.15, 0.2) is 53.4 Å². The SMILES string of the molecule is Cc1nc2cc(NC(=O)CSc3ccccc3)ccc2s1. The summed E-state index contributed by atoms with van der Waals surface area (Å²) in [5.74, 6) is 0.396. The van der Waals surface area contributed by atoms with Crippen molar-refractivity contribution in [2.24, 2.45) is 0 Å². The summed E-state index contributed by atoms with van der Waals surface area (Å²) in [4.78, 5) is 17.5. The first-order valence-corrected chi connectivity index (χ1v) is 8.36. The third-order valence-electron chi connectivity index (χ3n) is 2.89. The molecular formula is C16H14N2OS2. The normalized spacial score (nSPS) is 10.7. The Morgan fingerprint density at radius 2 is 2.05 bits per heavy atom. The summed E-state index contributed by atoms with van der Waals surface area (Å²) in [6.07, 6.45) is 0. The van der Waals surface area contributed by atoms with Gasteiger partial charge in [0.15, 0.2) is 0 Å². The topological polar surface area (TPSA) is 42.0 Å². The lowest BCUT2D eigenvalue weighted by atomic mass is 10.3. The highest BCUT2D eigenvalue weighted by molar-refractivity contribution is 8.00. The molecule has 106 valence electrons. The van der Waals surface area contributed by atoms with Crippen molar-refractivity contribution >= 4 is 44.9 Å². The van der Waals surface area contributed by atoms with Crippen molar-refractivity contribution in [3.8, 4) is 0 Å². The van der Waals surface area contributed by atoms with Crippen LogP contribution in [0, 0.1) is 6.92 Å². The van der Waals surface area contributed by atoms with Crippen molar-refractivity contribution in [1.29, 1.82) is 0 Å². The number of carbonyl (C=O) groups excluding carboxylic acids is 1. The van der Waals surface area contributed by atoms with E-state index in [-0.39, 0.29) is 5.91 Å². The summed E-state index contributed by atoms with van der Waals surface area (Å²) in [7, 11) is 0. The highest BCUT2D eigenvalue weighted by Crippen LogP contribution is 2.24. The van der Waals surface area contributed by atoms with Crippen LogP contribution in [-0.4, -0.2) is 16.6 Å². The lowest BCUT2D eigenvalue weighted by molar-refractivity contribution is -0.113. The van der Waals surface area contributed by atoms with Crippen molar-refractivity contribution in [2.45, 2.75) is 11.8 Å². The maximum atomic E-state index is 12.0. The minimum atomic E-state index is -0.00449. The van der Waals surface area contributed by atoms with Crippen LogP contribution in [0.4, 0.5) is 5.69 Å². The van der Waals surface area contributed by atoms with Gasteiger partial charge in [-0.25, -0.2) is 4.98 Å². The van der Waals surface area contributed by atoms with E-state index in [0.717, 1.165) is 25.8 Å². The number of rotatable bonds is 4. The Morgan fingerprint density at radius 3 is 2.86 bits per heavy atom. The van der Waals surface area contributed by atoms with Crippen LogP contribution in [0.2, 0.25) is 0 Å². The standard InChI is InChI=1S/C16H14N2OS2/c1-11-17-14-9-12(7-8-15(14)21-11)18-16(19)10-20-13-5-3-2-4-6-13/h2-9H,10H2,1H3,(H,18,19). The molecular weight excluding hydrogens is 300 g/mol. The molecule has 0 fully saturated rings. The van der Waals surface area contributed by atoms with E-state index in [1.165, 1.54) is 11.8 Å². The molecule has 0 bridgehead atoms. The highest BCUT2D eigenvalue weighted by atomic mass is 32.2. The van der Waals surface area contributed by atoms with Gasteiger partial charge in [0.1, 0.15) is 0 Å². The molecule has 3 rings (SSSR count). The third kappa shape index (κ3) is 3.62. The van der Waals surface area contributed by atoms with Gasteiger partial charge in [-0.05, 0) is 37.3 Å². The Morgan fingerprint density at radius 1 is 1.24 bits per heavy atom. The number of carbonyl (C=O) groups is 1. The quantitative estimate of drug-likeness (QED) is 0.729. The second kappa shape index (κ2) is 6.28. The number of nitrogens with one attached hydrogen (secondary N) is 1. The minimum absolute atomic E-state index is 0.00449. The molecule has 0 atom stereocenters. The minimum Gasteiger partial charge on any atom is -0.325 e. The van der Waals surface area contributed by atoms with Crippen molar-refractivity contribution in [3.05, 3.63) is 53.5 Å². The van der Waals surface area contributed by atoms with Crippen molar-refractivity contribution < 1.29 is 4.79 Å². The fourth-order valence-electron chi connectivity index (χ4n) is 1.98. The predicted molar refractivity (Wildman–Crippen MR) is 90.2 cm³/mol. The number of hydrogen-bond donors (Lipinski definition) is 1. The maximum Gasteiger partial charge on any atom is 0.234 e. The lowest BCUT2D eigenvalue weighted by Gasteiger charge is -2.05. The van der Waals surface area contributed by atoms with E-state index in [0.29, 0.717) is 5.75 Å². The molecule has 1 amide bonds. The van der Waals surface area contributed by atoms with Gasteiger partial charge in [-0.1, -0.05) is 18.2 Å². The Balaban J connectivity index is 1.63. The van der Waals surface area contributed by atoms with Gasteiger partial charge in [0.25, 0.3) is 0 Å². The van der Waals surface area contributed by atoms with Crippen LogP contribution in [0.3, 0.4) is 0 Å². The number of aryl methyl sites for hydroxylation is 1. The zero-order chi connectivity index (χ0) is 14.7. The molecule has 0 unspecified atom stereocenters. The number of anilines is 1. The van der Waals surface area contributed by atoms with E-state index in [2.05, 4.69) is 10.3 Å². The molecule has 0 saturated heterocycles. The number of aromatic nitrogens is 1. The van der Waals surface area contributed by atoms with Crippen molar-refractivity contribution in [2.75, 3.05) is 11.1 Å². The van der Waals surface area contributed by atoms with Crippen LogP contribution in [0.25, 0.3) is 10.2 Å². The van der Waals surface area contributed by atoms with Crippen LogP contribution in [-0.2, 0) is 4.79 Å². The van der Waals surface area contributed by atoms with E-state index in [1.54, 1.807) is 11.3 Å². The van der Waals surface area contributed by atoms with Gasteiger partial charge >= 0.3 is 0 Å². The monoisotopic (exact) mass is 314 g/mol. The molecule has 3 nitrogen and oxygen atoms in total. The zero-order valence-corrected chi connectivity index (χ0v) is 13.1. The fourth-order valence-corrected chi connectivity index (χ4v) is 3.51. The maximum absolute atomic E-state index is 12.0. The van der Waals surface area contributed by atoms with E-state index in [1.807, 2.05) is 55.5 Å². The van der Waals surface area contributed by atoms with E-state index < -0.39 is 0 Å². The van der Waals surface area contributed by atoms with E-state index in [4.69, 9.17) is 0 Å². The number of thioether (sulfide) groups is 1.